The first-order valence-electron chi connectivity index (χ1n) is 20.0. The first-order chi connectivity index (χ1) is 28.0. The molecule has 1 fully saturated rings. The Kier molecular flexibility index (Phi) is 16.1. The maximum Gasteiger partial charge on any atom is 0.325 e. The van der Waals surface area contributed by atoms with Gasteiger partial charge < -0.3 is 31.7 Å². The molecular weight excluding hydrogens is 735 g/mol. The lowest BCUT2D eigenvalue weighted by molar-refractivity contribution is -0.141. The highest BCUT2D eigenvalue weighted by Gasteiger charge is 2.32. The number of carboxylic acids is 1. The third-order valence-corrected chi connectivity index (χ3v) is 10.4. The van der Waals surface area contributed by atoms with E-state index in [1.165, 1.54) is 6.92 Å². The normalized spacial score (nSPS) is 14.8. The number of nitrogens with one attached hydrogen (secondary N) is 5. The van der Waals surface area contributed by atoms with Crippen LogP contribution in [0, 0.1) is 5.92 Å². The molecule has 6 N–H and O–H groups in total. The van der Waals surface area contributed by atoms with Crippen molar-refractivity contribution in [3.8, 4) is 11.1 Å². The summed E-state index contributed by atoms with van der Waals surface area (Å²) in [6.07, 6.45) is 5.19. The molecule has 4 aromatic carbocycles. The molecule has 0 heterocycles. The topological polar surface area (TPSA) is 183 Å². The second-order valence-corrected chi connectivity index (χ2v) is 14.9. The second kappa shape index (κ2) is 21.9. The molecule has 5 rings (SSSR count). The lowest BCUT2D eigenvalue weighted by Gasteiger charge is -2.29. The Labute approximate surface area is 339 Å². The molecule has 1 aliphatic rings. The van der Waals surface area contributed by atoms with Gasteiger partial charge in [-0.25, -0.2) is 0 Å². The minimum atomic E-state index is -1.23. The van der Waals surface area contributed by atoms with Crippen LogP contribution >= 0.6 is 0 Å². The monoisotopic (exact) mass is 787 g/mol. The fraction of sp³-hybridized carbons (Fsp3) is 0.348. The molecule has 5 amide bonds. The van der Waals surface area contributed by atoms with E-state index in [9.17, 15) is 33.9 Å². The molecular formula is C46H53N5O7. The number of benzene rings is 4. The largest absolute Gasteiger partial charge is 0.480 e. The van der Waals surface area contributed by atoms with Crippen LogP contribution in [0.4, 0.5) is 5.69 Å². The Balaban J connectivity index is 1.36. The number of hydrogen-bond acceptors (Lipinski definition) is 6. The van der Waals surface area contributed by atoms with E-state index in [4.69, 9.17) is 0 Å². The van der Waals surface area contributed by atoms with Gasteiger partial charge in [-0.05, 0) is 53.6 Å². The van der Waals surface area contributed by atoms with Gasteiger partial charge >= 0.3 is 5.97 Å². The predicted molar refractivity (Wildman–Crippen MR) is 222 cm³/mol. The first-order valence-corrected chi connectivity index (χ1v) is 20.0. The summed E-state index contributed by atoms with van der Waals surface area (Å²) in [5.74, 6) is -3.76. The lowest BCUT2D eigenvalue weighted by atomic mass is 9.84. The number of rotatable bonds is 19. The Morgan fingerprint density at radius 2 is 1.03 bits per heavy atom. The molecule has 1 aliphatic carbocycles. The molecule has 0 radical (unpaired) electrons. The number of para-hydroxylation sites is 1. The van der Waals surface area contributed by atoms with Crippen LogP contribution in [-0.2, 0) is 41.6 Å². The van der Waals surface area contributed by atoms with Gasteiger partial charge in [-0.2, -0.15) is 0 Å². The molecule has 4 atom stereocenters. The molecule has 0 spiro atoms. The molecule has 12 nitrogen and oxygen atoms in total. The van der Waals surface area contributed by atoms with E-state index in [1.807, 2.05) is 66.7 Å². The van der Waals surface area contributed by atoms with Crippen LogP contribution < -0.4 is 26.6 Å². The lowest BCUT2D eigenvalue weighted by Crippen LogP contribution is -2.58. The molecule has 0 unspecified atom stereocenters. The second-order valence-electron chi connectivity index (χ2n) is 14.9. The van der Waals surface area contributed by atoms with Crippen molar-refractivity contribution in [2.45, 2.75) is 95.3 Å². The SMILES string of the molecule is C[C@H](NC(=O)[C@@H](Cc1ccccc1)NC(=O)[C@H](Cc1ccc(-c2ccccc2)cc1)NC(=O)[C@@H](CC1CCCCC1)NC(=O)CCC(=O)Nc1ccccc1)C(=O)O. The van der Waals surface area contributed by atoms with E-state index in [0.29, 0.717) is 12.1 Å². The van der Waals surface area contributed by atoms with Gasteiger partial charge in [-0.3, -0.25) is 28.8 Å². The van der Waals surface area contributed by atoms with Gasteiger partial charge in [-0.15, -0.1) is 0 Å². The molecule has 4 aromatic rings. The van der Waals surface area contributed by atoms with Gasteiger partial charge in [0.05, 0.1) is 0 Å². The molecule has 0 bridgehead atoms. The number of carbonyl (C=O) groups excluding carboxylic acids is 5. The molecule has 12 heteroatoms. The highest BCUT2D eigenvalue weighted by Crippen LogP contribution is 2.28. The van der Waals surface area contributed by atoms with Crippen molar-refractivity contribution in [3.05, 3.63) is 126 Å². The summed E-state index contributed by atoms with van der Waals surface area (Å²) in [7, 11) is 0. The van der Waals surface area contributed by atoms with Crippen LogP contribution in [0.15, 0.2) is 115 Å². The number of amides is 5. The minimum absolute atomic E-state index is 0.0571. The standard InChI is InChI=1S/C46H53N5O7/c1-31(46(57)58)47-43(54)39(29-33-16-8-3-9-17-33)50-45(56)40(30-34-22-24-36(25-23-34)35-18-10-4-11-19-35)51-44(55)38(28-32-14-6-2-7-15-32)49-42(53)27-26-41(52)48-37-20-12-5-13-21-37/h3-5,8-13,16-25,31-32,38-40H,2,6-7,14-15,26-30H2,1H3,(H,47,54)(H,48,52)(H,49,53)(H,50,56)(H,51,55)(H,57,58)/t31-,38+,39+,40-/m0/s1. The molecule has 304 valence electrons. The maximum atomic E-state index is 14.3. The van der Waals surface area contributed by atoms with E-state index in [1.54, 1.807) is 48.5 Å². The molecule has 0 aromatic heterocycles. The minimum Gasteiger partial charge on any atom is -0.480 e. The zero-order valence-corrected chi connectivity index (χ0v) is 32.8. The van der Waals surface area contributed by atoms with Crippen molar-refractivity contribution < 1.29 is 33.9 Å². The van der Waals surface area contributed by atoms with Crippen LogP contribution in [0.2, 0.25) is 0 Å². The summed E-state index contributed by atoms with van der Waals surface area (Å²) in [4.78, 5) is 79.6. The van der Waals surface area contributed by atoms with Gasteiger partial charge in [0.25, 0.3) is 0 Å². The molecule has 58 heavy (non-hydrogen) atoms. The van der Waals surface area contributed by atoms with E-state index in [0.717, 1.165) is 54.4 Å². The fourth-order valence-corrected chi connectivity index (χ4v) is 7.11. The van der Waals surface area contributed by atoms with Gasteiger partial charge in [0.2, 0.25) is 29.5 Å². The van der Waals surface area contributed by atoms with Crippen LogP contribution in [0.25, 0.3) is 11.1 Å². The first kappa shape index (κ1) is 42.8. The van der Waals surface area contributed by atoms with Crippen LogP contribution in [-0.4, -0.2) is 64.8 Å². The van der Waals surface area contributed by atoms with Crippen molar-refractivity contribution in [1.82, 2.24) is 21.3 Å². The summed E-state index contributed by atoms with van der Waals surface area (Å²) >= 11 is 0. The number of aliphatic carboxylic acids is 1. The van der Waals surface area contributed by atoms with Gasteiger partial charge in [0.1, 0.15) is 24.2 Å². The van der Waals surface area contributed by atoms with Crippen molar-refractivity contribution in [2.75, 3.05) is 5.32 Å². The molecule has 0 saturated heterocycles. The average molecular weight is 788 g/mol. The number of carboxylic acid groups (broad SMARTS) is 1. The average Bonchev–Trinajstić information content (AvgIpc) is 3.23. The predicted octanol–water partition coefficient (Wildman–Crippen LogP) is 5.57. The van der Waals surface area contributed by atoms with E-state index >= 15 is 0 Å². The van der Waals surface area contributed by atoms with Crippen molar-refractivity contribution >= 4 is 41.2 Å². The Hall–Kier alpha value is -6.30. The van der Waals surface area contributed by atoms with Crippen molar-refractivity contribution in [3.63, 3.8) is 0 Å². The zero-order chi connectivity index (χ0) is 41.3. The highest BCUT2D eigenvalue weighted by molar-refractivity contribution is 5.96. The maximum absolute atomic E-state index is 14.3. The van der Waals surface area contributed by atoms with Gasteiger partial charge in [0, 0.05) is 31.4 Å². The van der Waals surface area contributed by atoms with Gasteiger partial charge in [0.15, 0.2) is 0 Å². The molecule has 0 aliphatic heterocycles. The Bertz CT molecular complexity index is 1970. The summed E-state index contributed by atoms with van der Waals surface area (Å²) in [5, 5.41) is 23.3. The Morgan fingerprint density at radius 3 is 1.62 bits per heavy atom. The number of carbonyl (C=O) groups is 6. The van der Waals surface area contributed by atoms with Crippen molar-refractivity contribution in [1.29, 1.82) is 0 Å². The van der Waals surface area contributed by atoms with Gasteiger partial charge in [-0.1, -0.05) is 135 Å². The van der Waals surface area contributed by atoms with E-state index in [-0.39, 0.29) is 37.5 Å². The van der Waals surface area contributed by atoms with Crippen LogP contribution in [0.3, 0.4) is 0 Å². The van der Waals surface area contributed by atoms with E-state index < -0.39 is 53.8 Å². The summed E-state index contributed by atoms with van der Waals surface area (Å²) in [6.45, 7) is 1.33. The Morgan fingerprint density at radius 1 is 0.552 bits per heavy atom. The zero-order valence-electron chi connectivity index (χ0n) is 32.8. The third kappa shape index (κ3) is 13.7. The van der Waals surface area contributed by atoms with Crippen LogP contribution in [0.1, 0.15) is 69.4 Å². The highest BCUT2D eigenvalue weighted by atomic mass is 16.4. The quantitative estimate of drug-likeness (QED) is 0.0718. The van der Waals surface area contributed by atoms with Crippen molar-refractivity contribution in [2.24, 2.45) is 5.92 Å². The summed E-state index contributed by atoms with van der Waals surface area (Å²) < 4.78 is 0. The van der Waals surface area contributed by atoms with Crippen LogP contribution in [0.5, 0.6) is 0 Å². The smallest absolute Gasteiger partial charge is 0.325 e. The molecule has 1 saturated carbocycles. The van der Waals surface area contributed by atoms with E-state index in [2.05, 4.69) is 26.6 Å². The number of hydrogen-bond donors (Lipinski definition) is 6. The summed E-state index contributed by atoms with van der Waals surface area (Å²) in [5.41, 5.74) is 4.06. The number of anilines is 1. The third-order valence-electron chi connectivity index (χ3n) is 10.4. The fourth-order valence-electron chi connectivity index (χ4n) is 7.11. The summed E-state index contributed by atoms with van der Waals surface area (Å²) in [6, 6.07) is 30.8.